The maximum Gasteiger partial charge on any atom is 0.274 e. The fraction of sp³-hybridized carbons (Fsp3) is 0.214. The van der Waals surface area contributed by atoms with Crippen molar-refractivity contribution in [2.75, 3.05) is 11.4 Å². The first-order chi connectivity index (χ1) is 8.75. The Kier molecular flexibility index (Phi) is 2.64. The molecule has 0 bridgehead atoms. The van der Waals surface area contributed by atoms with Crippen LogP contribution >= 0.6 is 0 Å². The highest BCUT2D eigenvalue weighted by Gasteiger charge is 2.27. The highest BCUT2D eigenvalue weighted by Crippen LogP contribution is 2.27. The first-order valence-corrected chi connectivity index (χ1v) is 6.04. The monoisotopic (exact) mass is 241 g/mol. The topological polar surface area (TPSA) is 62.1 Å². The predicted molar refractivity (Wildman–Crippen MR) is 70.6 cm³/mol. The van der Waals surface area contributed by atoms with Crippen LogP contribution in [0.2, 0.25) is 0 Å². The summed E-state index contributed by atoms with van der Waals surface area (Å²) >= 11 is 0. The molecule has 1 aliphatic heterocycles. The average molecular weight is 241 g/mol. The number of nitrogens with one attached hydrogen (secondary N) is 1. The molecule has 1 aliphatic rings. The van der Waals surface area contributed by atoms with E-state index in [0.717, 1.165) is 17.7 Å². The van der Waals surface area contributed by atoms with Crippen LogP contribution in [0.3, 0.4) is 0 Å². The number of H-pyrrole nitrogens is 1. The predicted octanol–water partition coefficient (Wildman–Crippen LogP) is 1.54. The second-order valence-electron chi connectivity index (χ2n) is 4.59. The van der Waals surface area contributed by atoms with Crippen LogP contribution in [-0.2, 0) is 6.42 Å². The third-order valence-electron chi connectivity index (χ3n) is 3.26. The minimum atomic E-state index is -0.0254. The number of aromatic nitrogens is 1. The summed E-state index contributed by atoms with van der Waals surface area (Å²) in [5.41, 5.74) is 8.73. The Balaban J connectivity index is 2.00. The molecule has 2 heterocycles. The normalized spacial score (nSPS) is 18.5. The summed E-state index contributed by atoms with van der Waals surface area (Å²) < 4.78 is 0. The van der Waals surface area contributed by atoms with Crippen molar-refractivity contribution in [3.8, 4) is 0 Å². The Bertz CT molecular complexity index is 562. The van der Waals surface area contributed by atoms with Crippen molar-refractivity contribution in [2.24, 2.45) is 5.73 Å². The van der Waals surface area contributed by atoms with Gasteiger partial charge in [-0.3, -0.25) is 4.79 Å². The van der Waals surface area contributed by atoms with Crippen LogP contribution in [0.25, 0.3) is 0 Å². The van der Waals surface area contributed by atoms with E-state index in [1.165, 1.54) is 0 Å². The molecule has 1 amide bonds. The summed E-state index contributed by atoms with van der Waals surface area (Å²) in [4.78, 5) is 17.1. The van der Waals surface area contributed by atoms with Crippen LogP contribution in [0.5, 0.6) is 0 Å². The summed E-state index contributed by atoms with van der Waals surface area (Å²) in [7, 11) is 0. The minimum Gasteiger partial charge on any atom is -0.357 e. The van der Waals surface area contributed by atoms with Crippen LogP contribution in [0.1, 0.15) is 16.1 Å². The van der Waals surface area contributed by atoms with Gasteiger partial charge in [0, 0.05) is 24.5 Å². The number of para-hydroxylation sites is 1. The van der Waals surface area contributed by atoms with E-state index >= 15 is 0 Å². The highest BCUT2D eigenvalue weighted by atomic mass is 16.2. The van der Waals surface area contributed by atoms with Gasteiger partial charge in [-0.1, -0.05) is 18.2 Å². The molecule has 0 radical (unpaired) electrons. The summed E-state index contributed by atoms with van der Waals surface area (Å²) in [5, 5.41) is 0. The molecule has 0 aliphatic carbocycles. The molecule has 1 aromatic carbocycles. The number of carbonyl (C=O) groups is 1. The van der Waals surface area contributed by atoms with Crippen LogP contribution in [0, 0.1) is 0 Å². The highest BCUT2D eigenvalue weighted by molar-refractivity contribution is 6.05. The number of amides is 1. The molecule has 0 spiro atoms. The zero-order chi connectivity index (χ0) is 12.5. The second kappa shape index (κ2) is 4.31. The molecule has 4 heteroatoms. The minimum absolute atomic E-state index is 0.00110. The Labute approximate surface area is 105 Å². The maximum absolute atomic E-state index is 12.4. The number of aromatic amines is 1. The molecule has 3 N–H and O–H groups in total. The first-order valence-electron chi connectivity index (χ1n) is 6.04. The number of hydrogen-bond donors (Lipinski definition) is 2. The number of fused-ring (bicyclic) bond motifs is 1. The number of carbonyl (C=O) groups excluding carboxylic acids is 1. The SMILES string of the molecule is NC1Cc2ccccc2N(C(=O)c2ccc[nH]2)C1. The van der Waals surface area contributed by atoms with Crippen molar-refractivity contribution in [1.29, 1.82) is 0 Å². The van der Waals surface area contributed by atoms with E-state index in [1.54, 1.807) is 17.2 Å². The fourth-order valence-corrected chi connectivity index (χ4v) is 2.43. The third kappa shape index (κ3) is 1.80. The van der Waals surface area contributed by atoms with Crippen molar-refractivity contribution in [1.82, 2.24) is 4.98 Å². The summed E-state index contributed by atoms with van der Waals surface area (Å²) in [6.07, 6.45) is 2.58. The Morgan fingerprint density at radius 1 is 1.28 bits per heavy atom. The lowest BCUT2D eigenvalue weighted by molar-refractivity contribution is 0.0979. The van der Waals surface area contributed by atoms with Gasteiger partial charge >= 0.3 is 0 Å². The van der Waals surface area contributed by atoms with Gasteiger partial charge in [0.25, 0.3) is 5.91 Å². The van der Waals surface area contributed by atoms with Gasteiger partial charge in [-0.15, -0.1) is 0 Å². The zero-order valence-corrected chi connectivity index (χ0v) is 9.97. The number of anilines is 1. The van der Waals surface area contributed by atoms with Crippen LogP contribution in [0.4, 0.5) is 5.69 Å². The average Bonchev–Trinajstić information content (AvgIpc) is 2.90. The van der Waals surface area contributed by atoms with E-state index in [2.05, 4.69) is 4.98 Å². The fourth-order valence-electron chi connectivity index (χ4n) is 2.43. The summed E-state index contributed by atoms with van der Waals surface area (Å²) in [6, 6.07) is 11.5. The van der Waals surface area contributed by atoms with Crippen molar-refractivity contribution in [3.05, 3.63) is 53.9 Å². The molecular formula is C14H15N3O. The molecule has 4 nitrogen and oxygen atoms in total. The van der Waals surface area contributed by atoms with E-state index < -0.39 is 0 Å². The lowest BCUT2D eigenvalue weighted by atomic mass is 9.98. The number of benzene rings is 1. The summed E-state index contributed by atoms with van der Waals surface area (Å²) in [6.45, 7) is 0.564. The van der Waals surface area contributed by atoms with Crippen molar-refractivity contribution in [3.63, 3.8) is 0 Å². The molecule has 1 aromatic heterocycles. The number of nitrogens with two attached hydrogens (primary N) is 1. The maximum atomic E-state index is 12.4. The van der Waals surface area contributed by atoms with Gasteiger partial charge in [-0.25, -0.2) is 0 Å². The molecule has 2 aromatic rings. The van der Waals surface area contributed by atoms with Gasteiger partial charge < -0.3 is 15.6 Å². The zero-order valence-electron chi connectivity index (χ0n) is 9.97. The molecule has 0 saturated carbocycles. The lowest BCUT2D eigenvalue weighted by Crippen LogP contribution is -2.46. The van der Waals surface area contributed by atoms with E-state index in [4.69, 9.17) is 5.73 Å². The van der Waals surface area contributed by atoms with Crippen molar-refractivity contribution in [2.45, 2.75) is 12.5 Å². The largest absolute Gasteiger partial charge is 0.357 e. The molecule has 0 saturated heterocycles. The number of hydrogen-bond acceptors (Lipinski definition) is 2. The first kappa shape index (κ1) is 11.0. The van der Waals surface area contributed by atoms with Crippen LogP contribution in [-0.4, -0.2) is 23.5 Å². The van der Waals surface area contributed by atoms with Crippen molar-refractivity contribution < 1.29 is 4.79 Å². The number of nitrogens with zero attached hydrogens (tertiary/aromatic N) is 1. The molecular weight excluding hydrogens is 226 g/mol. The summed E-state index contributed by atoms with van der Waals surface area (Å²) in [5.74, 6) is -0.0254. The molecule has 92 valence electrons. The molecule has 18 heavy (non-hydrogen) atoms. The molecule has 3 rings (SSSR count). The molecule has 1 unspecified atom stereocenters. The Hall–Kier alpha value is -2.07. The molecule has 1 atom stereocenters. The number of rotatable bonds is 1. The Morgan fingerprint density at radius 2 is 2.11 bits per heavy atom. The van der Waals surface area contributed by atoms with E-state index in [0.29, 0.717) is 12.2 Å². The van der Waals surface area contributed by atoms with E-state index in [1.807, 2.05) is 30.3 Å². The van der Waals surface area contributed by atoms with Gasteiger partial charge in [-0.05, 0) is 30.2 Å². The quantitative estimate of drug-likeness (QED) is 0.795. The van der Waals surface area contributed by atoms with Gasteiger partial charge in [0.15, 0.2) is 0 Å². The molecule has 0 fully saturated rings. The van der Waals surface area contributed by atoms with Crippen molar-refractivity contribution >= 4 is 11.6 Å². The standard InChI is InChI=1S/C14H15N3O/c15-11-8-10-4-1-2-6-13(10)17(9-11)14(18)12-5-3-7-16-12/h1-7,11,16H,8-9,15H2. The van der Waals surface area contributed by atoms with Crippen LogP contribution in [0.15, 0.2) is 42.6 Å². The van der Waals surface area contributed by atoms with Gasteiger partial charge in [0.05, 0.1) is 0 Å². The van der Waals surface area contributed by atoms with Gasteiger partial charge in [0.2, 0.25) is 0 Å². The van der Waals surface area contributed by atoms with Gasteiger partial charge in [-0.2, -0.15) is 0 Å². The van der Waals surface area contributed by atoms with E-state index in [9.17, 15) is 4.79 Å². The third-order valence-corrected chi connectivity index (χ3v) is 3.26. The second-order valence-corrected chi connectivity index (χ2v) is 4.59. The van der Waals surface area contributed by atoms with Gasteiger partial charge in [0.1, 0.15) is 5.69 Å². The lowest BCUT2D eigenvalue weighted by Gasteiger charge is -2.32. The smallest absolute Gasteiger partial charge is 0.274 e. The van der Waals surface area contributed by atoms with Crippen LogP contribution < -0.4 is 10.6 Å². The van der Waals surface area contributed by atoms with E-state index in [-0.39, 0.29) is 11.9 Å². The Morgan fingerprint density at radius 3 is 2.89 bits per heavy atom.